The number of aromatic nitrogens is 1. The van der Waals surface area contributed by atoms with Gasteiger partial charge in [0.1, 0.15) is 13.2 Å². The van der Waals surface area contributed by atoms with Crippen molar-refractivity contribution in [1.82, 2.24) is 4.98 Å². The summed E-state index contributed by atoms with van der Waals surface area (Å²) in [7, 11) is 0. The standard InChI is InChI=1S/C19H18N2O3S2/c1-13-20-14(12-26-13)9-19(22)21(11-16-3-2-8-25-16)15-4-5-17-18(10-15)24-7-6-23-17/h2-5,8,10,12H,6-7,9,11H2,1H3. The van der Waals surface area contributed by atoms with Gasteiger partial charge in [-0.25, -0.2) is 4.98 Å². The number of thiophene rings is 1. The van der Waals surface area contributed by atoms with Gasteiger partial charge in [-0.1, -0.05) is 6.07 Å². The Balaban J connectivity index is 1.62. The van der Waals surface area contributed by atoms with E-state index >= 15 is 0 Å². The Morgan fingerprint density at radius 1 is 1.19 bits per heavy atom. The van der Waals surface area contributed by atoms with Gasteiger partial charge in [-0.15, -0.1) is 22.7 Å². The second kappa shape index (κ2) is 7.47. The molecule has 1 aliphatic rings. The molecule has 2 aromatic heterocycles. The maximum Gasteiger partial charge on any atom is 0.233 e. The largest absolute Gasteiger partial charge is 0.486 e. The van der Waals surface area contributed by atoms with Crippen molar-refractivity contribution >= 4 is 34.3 Å². The molecule has 7 heteroatoms. The lowest BCUT2D eigenvalue weighted by molar-refractivity contribution is -0.118. The van der Waals surface area contributed by atoms with Crippen LogP contribution in [0.25, 0.3) is 0 Å². The van der Waals surface area contributed by atoms with Crippen LogP contribution in [0.5, 0.6) is 11.5 Å². The number of anilines is 1. The maximum atomic E-state index is 13.0. The number of ether oxygens (including phenoxy) is 2. The van der Waals surface area contributed by atoms with Gasteiger partial charge in [-0.3, -0.25) is 4.79 Å². The van der Waals surface area contributed by atoms with Gasteiger partial charge in [-0.2, -0.15) is 0 Å². The van der Waals surface area contributed by atoms with E-state index in [0.717, 1.165) is 27.0 Å². The van der Waals surface area contributed by atoms with Crippen LogP contribution in [0.4, 0.5) is 5.69 Å². The summed E-state index contributed by atoms with van der Waals surface area (Å²) in [6, 6.07) is 9.69. The zero-order chi connectivity index (χ0) is 17.9. The molecule has 0 unspecified atom stereocenters. The van der Waals surface area contributed by atoms with Crippen molar-refractivity contribution in [3.05, 3.63) is 56.7 Å². The fraction of sp³-hybridized carbons (Fsp3) is 0.263. The van der Waals surface area contributed by atoms with Gasteiger partial charge >= 0.3 is 0 Å². The number of carbonyl (C=O) groups is 1. The van der Waals surface area contributed by atoms with Crippen molar-refractivity contribution in [2.45, 2.75) is 19.9 Å². The Bertz CT molecular complexity index is 905. The van der Waals surface area contributed by atoms with Gasteiger partial charge in [-0.05, 0) is 30.5 Å². The molecule has 3 aromatic rings. The van der Waals surface area contributed by atoms with E-state index in [9.17, 15) is 4.79 Å². The average Bonchev–Trinajstić information content (AvgIpc) is 3.31. The second-order valence-electron chi connectivity index (χ2n) is 5.92. The van der Waals surface area contributed by atoms with E-state index < -0.39 is 0 Å². The summed E-state index contributed by atoms with van der Waals surface area (Å²) in [6.07, 6.45) is 0.282. The number of nitrogens with zero attached hydrogens (tertiary/aromatic N) is 2. The molecule has 0 saturated carbocycles. The number of fused-ring (bicyclic) bond motifs is 1. The highest BCUT2D eigenvalue weighted by Crippen LogP contribution is 2.35. The molecule has 0 fully saturated rings. The number of thiazole rings is 1. The lowest BCUT2D eigenvalue weighted by Crippen LogP contribution is -2.31. The molecule has 0 atom stereocenters. The number of benzene rings is 1. The molecule has 0 spiro atoms. The SMILES string of the molecule is Cc1nc(CC(=O)N(Cc2cccs2)c2ccc3c(c2)OCCO3)cs1. The second-order valence-corrected chi connectivity index (χ2v) is 8.02. The predicted octanol–water partition coefficient (Wildman–Crippen LogP) is 4.06. The van der Waals surface area contributed by atoms with E-state index in [1.54, 1.807) is 27.6 Å². The van der Waals surface area contributed by atoms with Crippen LogP contribution in [0.3, 0.4) is 0 Å². The third-order valence-corrected chi connectivity index (χ3v) is 5.71. The van der Waals surface area contributed by atoms with E-state index in [1.807, 2.05) is 48.0 Å². The number of hydrogen-bond donors (Lipinski definition) is 0. The quantitative estimate of drug-likeness (QED) is 0.664. The van der Waals surface area contributed by atoms with Crippen LogP contribution in [0, 0.1) is 6.92 Å². The molecule has 0 aliphatic carbocycles. The fourth-order valence-electron chi connectivity index (χ4n) is 2.82. The van der Waals surface area contributed by atoms with Crippen molar-refractivity contribution in [2.24, 2.45) is 0 Å². The van der Waals surface area contributed by atoms with Crippen LogP contribution in [0.2, 0.25) is 0 Å². The lowest BCUT2D eigenvalue weighted by atomic mass is 10.2. The Labute approximate surface area is 159 Å². The summed E-state index contributed by atoms with van der Waals surface area (Å²) in [4.78, 5) is 20.4. The zero-order valence-corrected chi connectivity index (χ0v) is 15.9. The topological polar surface area (TPSA) is 51.7 Å². The molecule has 1 aromatic carbocycles. The molecule has 1 aliphatic heterocycles. The Hall–Kier alpha value is -2.38. The lowest BCUT2D eigenvalue weighted by Gasteiger charge is -2.25. The van der Waals surface area contributed by atoms with Gasteiger partial charge in [0.25, 0.3) is 0 Å². The van der Waals surface area contributed by atoms with Crippen LogP contribution < -0.4 is 14.4 Å². The number of amides is 1. The van der Waals surface area contributed by atoms with Gasteiger partial charge in [0.15, 0.2) is 11.5 Å². The number of aryl methyl sites for hydroxylation is 1. The minimum atomic E-state index is 0.0142. The van der Waals surface area contributed by atoms with Crippen molar-refractivity contribution in [3.63, 3.8) is 0 Å². The highest BCUT2D eigenvalue weighted by atomic mass is 32.1. The zero-order valence-electron chi connectivity index (χ0n) is 14.3. The number of carbonyl (C=O) groups excluding carboxylic acids is 1. The maximum absolute atomic E-state index is 13.0. The monoisotopic (exact) mass is 386 g/mol. The molecule has 1 amide bonds. The smallest absolute Gasteiger partial charge is 0.233 e. The summed E-state index contributed by atoms with van der Waals surface area (Å²) in [5.41, 5.74) is 1.62. The summed E-state index contributed by atoms with van der Waals surface area (Å²) in [5, 5.41) is 4.93. The Morgan fingerprint density at radius 3 is 2.77 bits per heavy atom. The van der Waals surface area contributed by atoms with Crippen molar-refractivity contribution < 1.29 is 14.3 Å². The third kappa shape index (κ3) is 3.73. The minimum Gasteiger partial charge on any atom is -0.486 e. The summed E-state index contributed by atoms with van der Waals surface area (Å²) in [6.45, 7) is 3.54. The number of hydrogen-bond acceptors (Lipinski definition) is 6. The van der Waals surface area contributed by atoms with Crippen LogP contribution in [0.1, 0.15) is 15.6 Å². The fourth-order valence-corrected chi connectivity index (χ4v) is 4.13. The molecule has 0 saturated heterocycles. The molecule has 3 heterocycles. The molecule has 0 N–H and O–H groups in total. The third-order valence-electron chi connectivity index (χ3n) is 4.03. The normalized spacial score (nSPS) is 12.8. The molecule has 0 radical (unpaired) electrons. The summed E-state index contributed by atoms with van der Waals surface area (Å²) in [5.74, 6) is 1.42. The van der Waals surface area contributed by atoms with Crippen molar-refractivity contribution in [2.75, 3.05) is 18.1 Å². The van der Waals surface area contributed by atoms with Gasteiger partial charge in [0.05, 0.1) is 23.7 Å². The molecule has 26 heavy (non-hydrogen) atoms. The number of rotatable bonds is 5. The summed E-state index contributed by atoms with van der Waals surface area (Å²) < 4.78 is 11.3. The van der Waals surface area contributed by atoms with Gasteiger partial charge in [0.2, 0.25) is 5.91 Å². The van der Waals surface area contributed by atoms with E-state index in [-0.39, 0.29) is 12.3 Å². The molecule has 4 rings (SSSR count). The van der Waals surface area contributed by atoms with Crippen LogP contribution in [0.15, 0.2) is 41.1 Å². The first-order chi connectivity index (χ1) is 12.7. The first-order valence-electron chi connectivity index (χ1n) is 8.32. The molecule has 5 nitrogen and oxygen atoms in total. The van der Waals surface area contributed by atoms with E-state index in [1.165, 1.54) is 0 Å². The van der Waals surface area contributed by atoms with Crippen molar-refractivity contribution in [3.8, 4) is 11.5 Å². The van der Waals surface area contributed by atoms with Gasteiger partial charge < -0.3 is 14.4 Å². The van der Waals surface area contributed by atoms with Crippen LogP contribution in [-0.2, 0) is 17.8 Å². The Kier molecular flexibility index (Phi) is 4.90. The first-order valence-corrected chi connectivity index (χ1v) is 10.1. The summed E-state index contributed by atoms with van der Waals surface area (Å²) >= 11 is 3.20. The minimum absolute atomic E-state index is 0.0142. The van der Waals surface area contributed by atoms with E-state index in [4.69, 9.17) is 9.47 Å². The van der Waals surface area contributed by atoms with E-state index in [2.05, 4.69) is 4.98 Å². The van der Waals surface area contributed by atoms with E-state index in [0.29, 0.717) is 25.5 Å². The average molecular weight is 386 g/mol. The van der Waals surface area contributed by atoms with Crippen LogP contribution in [-0.4, -0.2) is 24.1 Å². The van der Waals surface area contributed by atoms with Crippen LogP contribution >= 0.6 is 22.7 Å². The first kappa shape index (κ1) is 17.1. The molecular formula is C19H18N2O3S2. The Morgan fingerprint density at radius 2 is 2.04 bits per heavy atom. The molecular weight excluding hydrogens is 368 g/mol. The molecule has 0 bridgehead atoms. The highest BCUT2D eigenvalue weighted by molar-refractivity contribution is 7.10. The van der Waals surface area contributed by atoms with Gasteiger partial charge in [0, 0.05) is 22.0 Å². The molecule has 134 valence electrons. The van der Waals surface area contributed by atoms with Crippen molar-refractivity contribution in [1.29, 1.82) is 0 Å². The predicted molar refractivity (Wildman–Crippen MR) is 103 cm³/mol. The highest BCUT2D eigenvalue weighted by Gasteiger charge is 2.21.